The van der Waals surface area contributed by atoms with E-state index in [0.29, 0.717) is 6.29 Å². The zero-order valence-corrected chi connectivity index (χ0v) is 11.5. The van der Waals surface area contributed by atoms with Gasteiger partial charge in [-0.25, -0.2) is 9.97 Å². The van der Waals surface area contributed by atoms with Gasteiger partial charge < -0.3 is 0 Å². The number of benzene rings is 2. The summed E-state index contributed by atoms with van der Waals surface area (Å²) in [6, 6.07) is 15.5. The van der Waals surface area contributed by atoms with Crippen molar-refractivity contribution in [3.8, 4) is 11.3 Å². The number of nitrogens with zero attached hydrogens (tertiary/aromatic N) is 2. The minimum absolute atomic E-state index is 0.202. The number of aromatic nitrogens is 2. The predicted octanol–water partition coefficient (Wildman–Crippen LogP) is 3.87. The highest BCUT2D eigenvalue weighted by atomic mass is 79.9. The fourth-order valence-corrected chi connectivity index (χ4v) is 2.35. The summed E-state index contributed by atoms with van der Waals surface area (Å²) in [5, 5.41) is 0.922. The molecule has 0 radical (unpaired) electrons. The van der Waals surface area contributed by atoms with Crippen LogP contribution >= 0.6 is 15.9 Å². The maximum Gasteiger partial charge on any atom is 0.193 e. The second-order valence-electron chi connectivity index (χ2n) is 4.08. The van der Waals surface area contributed by atoms with Crippen LogP contribution < -0.4 is 0 Å². The van der Waals surface area contributed by atoms with Crippen molar-refractivity contribution in [2.45, 2.75) is 0 Å². The highest BCUT2D eigenvalue weighted by Crippen LogP contribution is 2.28. The number of hydrogen-bond donors (Lipinski definition) is 0. The Bertz CT molecular complexity index is 757. The lowest BCUT2D eigenvalue weighted by Crippen LogP contribution is -1.97. The summed E-state index contributed by atoms with van der Waals surface area (Å²) in [6.07, 6.45) is 0.675. The summed E-state index contributed by atoms with van der Waals surface area (Å²) >= 11 is 3.45. The van der Waals surface area contributed by atoms with E-state index in [4.69, 9.17) is 0 Å². The van der Waals surface area contributed by atoms with Crippen LogP contribution in [0.15, 0.2) is 53.0 Å². The van der Waals surface area contributed by atoms with Gasteiger partial charge in [-0.1, -0.05) is 46.3 Å². The van der Waals surface area contributed by atoms with E-state index >= 15 is 0 Å². The topological polar surface area (TPSA) is 42.9 Å². The fourth-order valence-electron chi connectivity index (χ4n) is 1.99. The van der Waals surface area contributed by atoms with Gasteiger partial charge in [0.05, 0.1) is 11.2 Å². The van der Waals surface area contributed by atoms with Gasteiger partial charge in [0.25, 0.3) is 0 Å². The molecule has 0 spiro atoms. The monoisotopic (exact) mass is 312 g/mol. The molecule has 0 fully saturated rings. The molecule has 0 saturated heterocycles. The fraction of sp³-hybridized carbons (Fsp3) is 0. The van der Waals surface area contributed by atoms with Crippen LogP contribution in [0.4, 0.5) is 0 Å². The number of carbonyl (C=O) groups excluding carboxylic acids is 1. The normalized spacial score (nSPS) is 10.6. The number of carbonyl (C=O) groups is 1. The van der Waals surface area contributed by atoms with E-state index in [0.717, 1.165) is 26.6 Å². The van der Waals surface area contributed by atoms with E-state index in [1.54, 1.807) is 0 Å². The van der Waals surface area contributed by atoms with Gasteiger partial charge in [-0.05, 0) is 18.2 Å². The molecule has 1 heterocycles. The maximum atomic E-state index is 11.0. The Hall–Kier alpha value is -2.07. The van der Waals surface area contributed by atoms with Crippen LogP contribution in [0.25, 0.3) is 22.2 Å². The minimum Gasteiger partial charge on any atom is -0.294 e. The van der Waals surface area contributed by atoms with Gasteiger partial charge in [0.1, 0.15) is 0 Å². The van der Waals surface area contributed by atoms with Crippen molar-refractivity contribution in [1.82, 2.24) is 9.97 Å². The number of hydrogen-bond acceptors (Lipinski definition) is 3. The second kappa shape index (κ2) is 4.90. The predicted molar refractivity (Wildman–Crippen MR) is 78.1 cm³/mol. The zero-order valence-electron chi connectivity index (χ0n) is 9.88. The SMILES string of the molecule is O=Cc1nc(-c2ccccc2)c2cc(Br)ccc2n1. The summed E-state index contributed by atoms with van der Waals surface area (Å²) in [6.45, 7) is 0. The second-order valence-corrected chi connectivity index (χ2v) is 4.99. The van der Waals surface area contributed by atoms with E-state index in [9.17, 15) is 4.79 Å². The molecular formula is C15H9BrN2O. The smallest absolute Gasteiger partial charge is 0.193 e. The quantitative estimate of drug-likeness (QED) is 0.675. The van der Waals surface area contributed by atoms with Crippen molar-refractivity contribution < 1.29 is 4.79 Å². The number of halogens is 1. The van der Waals surface area contributed by atoms with Crippen LogP contribution in [0.2, 0.25) is 0 Å². The first kappa shape index (κ1) is 12.0. The van der Waals surface area contributed by atoms with Gasteiger partial charge >= 0.3 is 0 Å². The molecule has 0 aliphatic carbocycles. The van der Waals surface area contributed by atoms with E-state index in [1.807, 2.05) is 48.5 Å². The Morgan fingerprint density at radius 1 is 1.00 bits per heavy atom. The van der Waals surface area contributed by atoms with Crippen LogP contribution in [-0.4, -0.2) is 16.3 Å². The Kier molecular flexibility index (Phi) is 3.09. The number of rotatable bonds is 2. The van der Waals surface area contributed by atoms with Gasteiger partial charge in [0.15, 0.2) is 12.1 Å². The van der Waals surface area contributed by atoms with Gasteiger partial charge in [0, 0.05) is 15.4 Å². The summed E-state index contributed by atoms with van der Waals surface area (Å²) in [4.78, 5) is 19.5. The van der Waals surface area contributed by atoms with Gasteiger partial charge in [-0.2, -0.15) is 0 Å². The lowest BCUT2D eigenvalue weighted by molar-refractivity contribution is 0.111. The molecule has 2 aromatic carbocycles. The zero-order chi connectivity index (χ0) is 13.2. The van der Waals surface area contributed by atoms with Crippen LogP contribution in [-0.2, 0) is 0 Å². The summed E-state index contributed by atoms with van der Waals surface area (Å²) < 4.78 is 0.958. The molecule has 0 unspecified atom stereocenters. The van der Waals surface area contributed by atoms with Gasteiger partial charge in [0.2, 0.25) is 0 Å². The lowest BCUT2D eigenvalue weighted by Gasteiger charge is -2.07. The van der Waals surface area contributed by atoms with Gasteiger partial charge in [-0.3, -0.25) is 4.79 Å². The molecule has 1 aromatic heterocycles. The molecule has 0 amide bonds. The van der Waals surface area contributed by atoms with Crippen LogP contribution in [0.1, 0.15) is 10.6 Å². The van der Waals surface area contributed by atoms with E-state index in [-0.39, 0.29) is 5.82 Å². The molecule has 0 aliphatic heterocycles. The van der Waals surface area contributed by atoms with Crippen molar-refractivity contribution in [2.75, 3.05) is 0 Å². The third-order valence-electron chi connectivity index (χ3n) is 2.83. The van der Waals surface area contributed by atoms with Crippen molar-refractivity contribution in [2.24, 2.45) is 0 Å². The highest BCUT2D eigenvalue weighted by molar-refractivity contribution is 9.10. The highest BCUT2D eigenvalue weighted by Gasteiger charge is 2.09. The van der Waals surface area contributed by atoms with Crippen molar-refractivity contribution in [3.05, 3.63) is 58.8 Å². The average molecular weight is 313 g/mol. The molecule has 0 saturated carbocycles. The van der Waals surface area contributed by atoms with Crippen molar-refractivity contribution in [1.29, 1.82) is 0 Å². The molecule has 0 atom stereocenters. The van der Waals surface area contributed by atoms with E-state index in [1.165, 1.54) is 0 Å². The number of fused-ring (bicyclic) bond motifs is 1. The molecule has 4 heteroatoms. The third kappa shape index (κ3) is 2.27. The Morgan fingerprint density at radius 3 is 2.53 bits per heavy atom. The Balaban J connectivity index is 2.38. The third-order valence-corrected chi connectivity index (χ3v) is 3.32. The average Bonchev–Trinajstić information content (AvgIpc) is 2.47. The summed E-state index contributed by atoms with van der Waals surface area (Å²) in [5.74, 6) is 0.202. The maximum absolute atomic E-state index is 11.0. The number of aldehydes is 1. The van der Waals surface area contributed by atoms with Crippen molar-refractivity contribution in [3.63, 3.8) is 0 Å². The van der Waals surface area contributed by atoms with Gasteiger partial charge in [-0.15, -0.1) is 0 Å². The molecule has 0 aliphatic rings. The van der Waals surface area contributed by atoms with Crippen molar-refractivity contribution >= 4 is 33.1 Å². The van der Waals surface area contributed by atoms with Crippen LogP contribution in [0.3, 0.4) is 0 Å². The summed E-state index contributed by atoms with van der Waals surface area (Å²) in [7, 11) is 0. The summed E-state index contributed by atoms with van der Waals surface area (Å²) in [5.41, 5.74) is 2.50. The lowest BCUT2D eigenvalue weighted by atomic mass is 10.1. The van der Waals surface area contributed by atoms with E-state index in [2.05, 4.69) is 25.9 Å². The molecule has 0 bridgehead atoms. The molecule has 19 heavy (non-hydrogen) atoms. The molecule has 3 aromatic rings. The standard InChI is InChI=1S/C15H9BrN2O/c16-11-6-7-13-12(8-11)15(18-14(9-19)17-13)10-4-2-1-3-5-10/h1-9H. The molecule has 3 rings (SSSR count). The van der Waals surface area contributed by atoms with E-state index < -0.39 is 0 Å². The molecule has 3 nitrogen and oxygen atoms in total. The van der Waals surface area contributed by atoms with Crippen LogP contribution in [0, 0.1) is 0 Å². The first-order valence-electron chi connectivity index (χ1n) is 5.76. The molecular weight excluding hydrogens is 304 g/mol. The Labute approximate surface area is 118 Å². The molecule has 92 valence electrons. The minimum atomic E-state index is 0.202. The Morgan fingerprint density at radius 2 is 1.79 bits per heavy atom. The first-order valence-corrected chi connectivity index (χ1v) is 6.55. The molecule has 0 N–H and O–H groups in total. The first-order chi connectivity index (χ1) is 9.28. The largest absolute Gasteiger partial charge is 0.294 e. The van der Waals surface area contributed by atoms with Crippen LogP contribution in [0.5, 0.6) is 0 Å².